The van der Waals surface area contributed by atoms with Gasteiger partial charge in [-0.3, -0.25) is 0 Å². The van der Waals surface area contributed by atoms with Crippen molar-refractivity contribution in [1.82, 2.24) is 5.48 Å². The van der Waals surface area contributed by atoms with Crippen molar-refractivity contribution < 1.29 is 9.94 Å². The van der Waals surface area contributed by atoms with Crippen molar-refractivity contribution in [2.75, 3.05) is 7.11 Å². The third kappa shape index (κ3) is 3.88. The number of aliphatic hydroxyl groups is 1. The fourth-order valence-electron chi connectivity index (χ4n) is 0.171. The lowest BCUT2D eigenvalue weighted by Crippen LogP contribution is -2.23. The van der Waals surface area contributed by atoms with Crippen LogP contribution in [0.4, 0.5) is 0 Å². The lowest BCUT2D eigenvalue weighted by atomic mass is 10.7. The Labute approximate surface area is 36.9 Å². The Hall–Kier alpha value is -0.120. The largest absolute Gasteiger partial charge is 0.377 e. The van der Waals surface area contributed by atoms with Crippen LogP contribution in [0.3, 0.4) is 0 Å². The maximum atomic E-state index is 8.32. The first-order valence-corrected chi connectivity index (χ1v) is 1.74. The molecule has 6 heavy (non-hydrogen) atoms. The van der Waals surface area contributed by atoms with E-state index in [1.165, 1.54) is 7.11 Å². The molecular weight excluding hydrogens is 82.0 g/mol. The van der Waals surface area contributed by atoms with E-state index in [-0.39, 0.29) is 0 Å². The molecule has 3 heteroatoms. The van der Waals surface area contributed by atoms with E-state index < -0.39 is 6.23 Å². The van der Waals surface area contributed by atoms with E-state index in [2.05, 4.69) is 10.3 Å². The topological polar surface area (TPSA) is 41.5 Å². The molecule has 3 nitrogen and oxygen atoms in total. The Morgan fingerprint density at radius 1 is 1.83 bits per heavy atom. The minimum absolute atomic E-state index is 0.574. The zero-order valence-corrected chi connectivity index (χ0v) is 3.93. The van der Waals surface area contributed by atoms with Crippen molar-refractivity contribution in [3.8, 4) is 0 Å². The van der Waals surface area contributed by atoms with Crippen molar-refractivity contribution in [2.24, 2.45) is 0 Å². The van der Waals surface area contributed by atoms with Gasteiger partial charge in [0.25, 0.3) is 0 Å². The molecule has 2 N–H and O–H groups in total. The molecule has 0 heterocycles. The number of hydroxylamine groups is 1. The minimum atomic E-state index is -0.574. The summed E-state index contributed by atoms with van der Waals surface area (Å²) in [5, 5.41) is 8.32. The first-order chi connectivity index (χ1) is 2.77. The molecule has 0 aliphatic carbocycles. The monoisotopic (exact) mass is 91.1 g/mol. The maximum Gasteiger partial charge on any atom is 0.124 e. The molecule has 1 unspecified atom stereocenters. The highest BCUT2D eigenvalue weighted by atomic mass is 16.7. The van der Waals surface area contributed by atoms with Crippen LogP contribution in [0, 0.1) is 0 Å². The van der Waals surface area contributed by atoms with Crippen LogP contribution in [0.5, 0.6) is 0 Å². The van der Waals surface area contributed by atoms with Gasteiger partial charge in [0.1, 0.15) is 6.23 Å². The number of nitrogens with one attached hydrogen (secondary N) is 1. The summed E-state index contributed by atoms with van der Waals surface area (Å²) in [7, 11) is 1.45. The van der Waals surface area contributed by atoms with E-state index >= 15 is 0 Å². The van der Waals surface area contributed by atoms with Crippen LogP contribution < -0.4 is 5.48 Å². The van der Waals surface area contributed by atoms with Crippen molar-refractivity contribution >= 4 is 0 Å². The summed E-state index contributed by atoms with van der Waals surface area (Å²) in [5.74, 6) is 0. The molecule has 0 aromatic rings. The quantitative estimate of drug-likeness (QED) is 0.355. The van der Waals surface area contributed by atoms with Crippen LogP contribution in [-0.4, -0.2) is 18.4 Å². The first kappa shape index (κ1) is 5.88. The Morgan fingerprint density at radius 3 is 2.33 bits per heavy atom. The molecule has 38 valence electrons. The molecule has 0 radical (unpaired) electrons. The lowest BCUT2D eigenvalue weighted by Gasteiger charge is -2.00. The van der Waals surface area contributed by atoms with E-state index in [0.29, 0.717) is 0 Å². The maximum absolute atomic E-state index is 8.32. The van der Waals surface area contributed by atoms with Crippen LogP contribution >= 0.6 is 0 Å². The standard InChI is InChI=1S/C3H9NO2/c1-3(5)4-6-2/h3-5H,1-2H3. The molecule has 0 aliphatic rings. The molecule has 0 spiro atoms. The average molecular weight is 91.1 g/mol. The van der Waals surface area contributed by atoms with Gasteiger partial charge in [0, 0.05) is 0 Å². The third-order valence-corrected chi connectivity index (χ3v) is 0.288. The zero-order chi connectivity index (χ0) is 4.99. The Morgan fingerprint density at radius 2 is 2.33 bits per heavy atom. The van der Waals surface area contributed by atoms with Gasteiger partial charge >= 0.3 is 0 Å². The van der Waals surface area contributed by atoms with E-state index in [9.17, 15) is 0 Å². The molecule has 0 fully saturated rings. The SMILES string of the molecule is CONC(C)O. The van der Waals surface area contributed by atoms with Gasteiger partial charge in [-0.2, -0.15) is 5.48 Å². The summed E-state index contributed by atoms with van der Waals surface area (Å²) in [5.41, 5.74) is 2.26. The highest BCUT2D eigenvalue weighted by molar-refractivity contribution is 4.22. The van der Waals surface area contributed by atoms with Gasteiger partial charge in [0.05, 0.1) is 7.11 Å². The second-order valence-electron chi connectivity index (χ2n) is 0.998. The van der Waals surface area contributed by atoms with Crippen molar-refractivity contribution in [3.05, 3.63) is 0 Å². The van der Waals surface area contributed by atoms with Gasteiger partial charge in [0.15, 0.2) is 0 Å². The van der Waals surface area contributed by atoms with E-state index in [4.69, 9.17) is 5.11 Å². The molecule has 0 amide bonds. The highest BCUT2D eigenvalue weighted by Crippen LogP contribution is 1.65. The predicted molar refractivity (Wildman–Crippen MR) is 21.8 cm³/mol. The molecule has 0 rings (SSSR count). The van der Waals surface area contributed by atoms with Crippen LogP contribution in [0.2, 0.25) is 0 Å². The molecule has 0 aromatic heterocycles. The van der Waals surface area contributed by atoms with Crippen LogP contribution in [-0.2, 0) is 4.84 Å². The van der Waals surface area contributed by atoms with Crippen LogP contribution in [0.1, 0.15) is 6.92 Å². The van der Waals surface area contributed by atoms with E-state index in [0.717, 1.165) is 0 Å². The van der Waals surface area contributed by atoms with Gasteiger partial charge in [0.2, 0.25) is 0 Å². The van der Waals surface area contributed by atoms with Gasteiger partial charge in [-0.25, -0.2) is 0 Å². The summed E-state index contributed by atoms with van der Waals surface area (Å²) in [6.07, 6.45) is -0.574. The van der Waals surface area contributed by atoms with E-state index in [1.54, 1.807) is 6.92 Å². The van der Waals surface area contributed by atoms with Gasteiger partial charge in [-0.05, 0) is 6.92 Å². The van der Waals surface area contributed by atoms with Crippen LogP contribution in [0.15, 0.2) is 0 Å². The zero-order valence-electron chi connectivity index (χ0n) is 3.93. The van der Waals surface area contributed by atoms with E-state index in [1.807, 2.05) is 0 Å². The summed E-state index contributed by atoms with van der Waals surface area (Å²) in [6.45, 7) is 1.57. The lowest BCUT2D eigenvalue weighted by molar-refractivity contribution is -0.0204. The minimum Gasteiger partial charge on any atom is -0.377 e. The fraction of sp³-hybridized carbons (Fsp3) is 1.00. The Kier molecular flexibility index (Phi) is 3.02. The molecular formula is C3H9NO2. The Balaban J connectivity index is 2.63. The van der Waals surface area contributed by atoms with Gasteiger partial charge < -0.3 is 9.94 Å². The molecule has 0 saturated heterocycles. The van der Waals surface area contributed by atoms with Crippen molar-refractivity contribution in [3.63, 3.8) is 0 Å². The Bertz CT molecular complexity index is 30.0. The van der Waals surface area contributed by atoms with Gasteiger partial charge in [-0.1, -0.05) is 0 Å². The fourth-order valence-corrected chi connectivity index (χ4v) is 0.171. The smallest absolute Gasteiger partial charge is 0.124 e. The highest BCUT2D eigenvalue weighted by Gasteiger charge is 1.84. The molecule has 0 aromatic carbocycles. The summed E-state index contributed by atoms with van der Waals surface area (Å²) in [6, 6.07) is 0. The molecule has 0 saturated carbocycles. The van der Waals surface area contributed by atoms with Crippen molar-refractivity contribution in [2.45, 2.75) is 13.2 Å². The second kappa shape index (κ2) is 3.08. The van der Waals surface area contributed by atoms with Gasteiger partial charge in [-0.15, -0.1) is 0 Å². The summed E-state index contributed by atoms with van der Waals surface area (Å²) < 4.78 is 0. The summed E-state index contributed by atoms with van der Waals surface area (Å²) in [4.78, 5) is 4.30. The number of hydrogen-bond donors (Lipinski definition) is 2. The number of rotatable bonds is 2. The second-order valence-corrected chi connectivity index (χ2v) is 0.998. The third-order valence-electron chi connectivity index (χ3n) is 0.288. The normalized spacial score (nSPS) is 14.5. The van der Waals surface area contributed by atoms with Crippen molar-refractivity contribution in [1.29, 1.82) is 0 Å². The van der Waals surface area contributed by atoms with Crippen LogP contribution in [0.25, 0.3) is 0 Å². The number of aliphatic hydroxyl groups excluding tert-OH is 1. The summed E-state index contributed by atoms with van der Waals surface area (Å²) >= 11 is 0. The first-order valence-electron chi connectivity index (χ1n) is 1.74. The number of hydrogen-bond acceptors (Lipinski definition) is 3. The predicted octanol–water partition coefficient (Wildman–Crippen LogP) is -0.524. The average Bonchev–Trinajstić information content (AvgIpc) is 1.35. The molecule has 0 bridgehead atoms. The molecule has 1 atom stereocenters. The molecule has 0 aliphatic heterocycles.